The van der Waals surface area contributed by atoms with Crippen LogP contribution in [0.3, 0.4) is 0 Å². The van der Waals surface area contributed by atoms with Gasteiger partial charge in [0.25, 0.3) is 5.91 Å². The predicted octanol–water partition coefficient (Wildman–Crippen LogP) is 3.48. The number of nitrogens with zero attached hydrogens (tertiary/aromatic N) is 3. The highest BCUT2D eigenvalue weighted by atomic mass is 19.4. The van der Waals surface area contributed by atoms with E-state index in [1.54, 1.807) is 4.90 Å². The quantitative estimate of drug-likeness (QED) is 0.932. The minimum Gasteiger partial charge on any atom is -0.339 e. The first kappa shape index (κ1) is 16.2. The van der Waals surface area contributed by atoms with Gasteiger partial charge < -0.3 is 10.2 Å². The molecule has 5 nitrogen and oxygen atoms in total. The minimum absolute atomic E-state index is 0.175. The van der Waals surface area contributed by atoms with Crippen LogP contribution in [0.1, 0.15) is 28.9 Å². The zero-order valence-corrected chi connectivity index (χ0v) is 12.7. The van der Waals surface area contributed by atoms with Gasteiger partial charge in [-0.1, -0.05) is 6.07 Å². The fourth-order valence-corrected chi connectivity index (χ4v) is 2.52. The number of anilines is 2. The molecule has 1 aromatic carbocycles. The lowest BCUT2D eigenvalue weighted by atomic mass is 10.2. The summed E-state index contributed by atoms with van der Waals surface area (Å²) in [6.45, 7) is 1.43. The first-order valence-electron chi connectivity index (χ1n) is 7.51. The molecule has 8 heteroatoms. The Kier molecular flexibility index (Phi) is 4.37. The Labute approximate surface area is 136 Å². The van der Waals surface area contributed by atoms with E-state index in [9.17, 15) is 18.0 Å². The van der Waals surface area contributed by atoms with Crippen molar-refractivity contribution in [3.05, 3.63) is 47.7 Å². The summed E-state index contributed by atoms with van der Waals surface area (Å²) in [5.41, 5.74) is -0.273. The minimum atomic E-state index is -4.41. The Balaban J connectivity index is 1.71. The highest BCUT2D eigenvalue weighted by Crippen LogP contribution is 2.31. The molecule has 24 heavy (non-hydrogen) atoms. The summed E-state index contributed by atoms with van der Waals surface area (Å²) in [7, 11) is 0. The molecule has 1 amide bonds. The number of nitrogens with one attached hydrogen (secondary N) is 1. The second-order valence-corrected chi connectivity index (χ2v) is 5.51. The molecule has 0 atom stereocenters. The van der Waals surface area contributed by atoms with Crippen LogP contribution in [0.15, 0.2) is 36.4 Å². The summed E-state index contributed by atoms with van der Waals surface area (Å²) >= 11 is 0. The highest BCUT2D eigenvalue weighted by Gasteiger charge is 2.30. The van der Waals surface area contributed by atoms with Crippen LogP contribution < -0.4 is 5.32 Å². The average Bonchev–Trinajstić information content (AvgIpc) is 3.09. The van der Waals surface area contributed by atoms with Gasteiger partial charge in [-0.05, 0) is 43.2 Å². The van der Waals surface area contributed by atoms with E-state index < -0.39 is 11.7 Å². The third-order valence-corrected chi connectivity index (χ3v) is 3.74. The van der Waals surface area contributed by atoms with E-state index in [4.69, 9.17) is 0 Å². The third-order valence-electron chi connectivity index (χ3n) is 3.74. The molecule has 1 aliphatic rings. The summed E-state index contributed by atoms with van der Waals surface area (Å²) in [6, 6.07) is 7.84. The average molecular weight is 336 g/mol. The third kappa shape index (κ3) is 3.64. The number of aromatic nitrogens is 2. The van der Waals surface area contributed by atoms with Crippen molar-refractivity contribution in [1.29, 1.82) is 0 Å². The maximum Gasteiger partial charge on any atom is 0.416 e. The zero-order valence-electron chi connectivity index (χ0n) is 12.7. The van der Waals surface area contributed by atoms with Crippen molar-refractivity contribution in [2.24, 2.45) is 0 Å². The number of halogens is 3. The van der Waals surface area contributed by atoms with Crippen molar-refractivity contribution in [1.82, 2.24) is 15.1 Å². The molecule has 0 bridgehead atoms. The summed E-state index contributed by atoms with van der Waals surface area (Å²) in [6.07, 6.45) is -2.45. The Bertz CT molecular complexity index is 725. The zero-order chi connectivity index (χ0) is 17.2. The molecular formula is C16H15F3N4O. The number of carbonyl (C=O) groups excluding carboxylic acids is 1. The van der Waals surface area contributed by atoms with Crippen LogP contribution in [-0.2, 0) is 6.18 Å². The van der Waals surface area contributed by atoms with Gasteiger partial charge in [0.2, 0.25) is 0 Å². The van der Waals surface area contributed by atoms with Crippen LogP contribution in [0.5, 0.6) is 0 Å². The van der Waals surface area contributed by atoms with Crippen LogP contribution in [-0.4, -0.2) is 34.1 Å². The lowest BCUT2D eigenvalue weighted by Gasteiger charge is -2.14. The van der Waals surface area contributed by atoms with Gasteiger partial charge in [-0.25, -0.2) is 0 Å². The second kappa shape index (κ2) is 6.46. The second-order valence-electron chi connectivity index (χ2n) is 5.51. The molecule has 126 valence electrons. The van der Waals surface area contributed by atoms with E-state index in [-0.39, 0.29) is 23.1 Å². The van der Waals surface area contributed by atoms with Crippen molar-refractivity contribution in [2.45, 2.75) is 19.0 Å². The van der Waals surface area contributed by atoms with Gasteiger partial charge in [0.1, 0.15) is 0 Å². The number of hydrogen-bond donors (Lipinski definition) is 1. The molecule has 0 unspecified atom stereocenters. The summed E-state index contributed by atoms with van der Waals surface area (Å²) in [5.74, 6) is 0.0953. The Hall–Kier alpha value is -2.64. The van der Waals surface area contributed by atoms with Crippen LogP contribution in [0.25, 0.3) is 0 Å². The van der Waals surface area contributed by atoms with E-state index in [0.29, 0.717) is 13.1 Å². The summed E-state index contributed by atoms with van der Waals surface area (Å²) in [5, 5.41) is 10.5. The molecule has 1 fully saturated rings. The van der Waals surface area contributed by atoms with Crippen molar-refractivity contribution < 1.29 is 18.0 Å². The molecule has 1 aromatic heterocycles. The number of alkyl halides is 3. The molecule has 0 spiro atoms. The summed E-state index contributed by atoms with van der Waals surface area (Å²) in [4.78, 5) is 13.9. The maximum absolute atomic E-state index is 12.7. The smallest absolute Gasteiger partial charge is 0.339 e. The van der Waals surface area contributed by atoms with Gasteiger partial charge in [0.15, 0.2) is 11.5 Å². The first-order valence-corrected chi connectivity index (χ1v) is 7.51. The van der Waals surface area contributed by atoms with Gasteiger partial charge in [0.05, 0.1) is 5.56 Å². The molecule has 0 radical (unpaired) electrons. The monoisotopic (exact) mass is 336 g/mol. The maximum atomic E-state index is 12.7. The lowest BCUT2D eigenvalue weighted by molar-refractivity contribution is -0.137. The predicted molar refractivity (Wildman–Crippen MR) is 81.9 cm³/mol. The number of hydrogen-bond acceptors (Lipinski definition) is 4. The highest BCUT2D eigenvalue weighted by molar-refractivity contribution is 5.92. The Morgan fingerprint density at radius 1 is 1.08 bits per heavy atom. The van der Waals surface area contributed by atoms with Crippen LogP contribution in [0.4, 0.5) is 24.7 Å². The molecule has 0 saturated carbocycles. The van der Waals surface area contributed by atoms with E-state index in [0.717, 1.165) is 25.0 Å². The standard InChI is InChI=1S/C16H15F3N4O/c17-16(18,19)11-4-3-5-12(10-11)20-14-7-6-13(21-22-14)15(24)23-8-1-2-9-23/h3-7,10H,1-2,8-9H2,(H,20,22). The summed E-state index contributed by atoms with van der Waals surface area (Å²) < 4.78 is 38.1. The fourth-order valence-electron chi connectivity index (χ4n) is 2.52. The van der Waals surface area contributed by atoms with Gasteiger partial charge in [-0.15, -0.1) is 10.2 Å². The fraction of sp³-hybridized carbons (Fsp3) is 0.312. The number of benzene rings is 1. The van der Waals surface area contributed by atoms with Gasteiger partial charge in [0, 0.05) is 18.8 Å². The van der Waals surface area contributed by atoms with Gasteiger partial charge in [-0.3, -0.25) is 4.79 Å². The van der Waals surface area contributed by atoms with E-state index in [1.807, 2.05) is 0 Å². The molecule has 1 N–H and O–H groups in total. The Morgan fingerprint density at radius 2 is 1.83 bits per heavy atom. The molecular weight excluding hydrogens is 321 g/mol. The number of carbonyl (C=O) groups is 1. The normalized spacial score (nSPS) is 14.7. The molecule has 2 aromatic rings. The topological polar surface area (TPSA) is 58.1 Å². The first-order chi connectivity index (χ1) is 11.4. The van der Waals surface area contributed by atoms with Crippen LogP contribution in [0, 0.1) is 0 Å². The van der Waals surface area contributed by atoms with Crippen molar-refractivity contribution in [3.63, 3.8) is 0 Å². The molecule has 3 rings (SSSR count). The van der Waals surface area contributed by atoms with E-state index in [1.165, 1.54) is 24.3 Å². The van der Waals surface area contributed by atoms with Crippen molar-refractivity contribution >= 4 is 17.4 Å². The lowest BCUT2D eigenvalue weighted by Crippen LogP contribution is -2.28. The molecule has 0 aliphatic carbocycles. The van der Waals surface area contributed by atoms with Crippen LogP contribution in [0.2, 0.25) is 0 Å². The largest absolute Gasteiger partial charge is 0.416 e. The molecule has 1 aliphatic heterocycles. The SMILES string of the molecule is O=C(c1ccc(Nc2cccc(C(F)(F)F)c2)nn1)N1CCCC1. The number of likely N-dealkylation sites (tertiary alicyclic amines) is 1. The van der Waals surface area contributed by atoms with Gasteiger partial charge in [-0.2, -0.15) is 13.2 Å². The van der Waals surface area contributed by atoms with Crippen molar-refractivity contribution in [3.8, 4) is 0 Å². The van der Waals surface area contributed by atoms with Gasteiger partial charge >= 0.3 is 6.18 Å². The van der Waals surface area contributed by atoms with Crippen LogP contribution >= 0.6 is 0 Å². The van der Waals surface area contributed by atoms with E-state index in [2.05, 4.69) is 15.5 Å². The Morgan fingerprint density at radius 3 is 2.46 bits per heavy atom. The van der Waals surface area contributed by atoms with E-state index >= 15 is 0 Å². The molecule has 2 heterocycles. The number of rotatable bonds is 3. The van der Waals surface area contributed by atoms with Crippen molar-refractivity contribution in [2.75, 3.05) is 18.4 Å². The number of amides is 1. The molecule has 1 saturated heterocycles.